The number of aromatic nitrogens is 6. The normalized spacial score (nSPS) is 36.0. The molecular formula is C25H30N6O. The lowest BCUT2D eigenvalue weighted by Gasteiger charge is -2.69. The third kappa shape index (κ3) is 2.86. The molecule has 0 amide bonds. The molecule has 2 bridgehead atoms. The van der Waals surface area contributed by atoms with Gasteiger partial charge in [0.05, 0.1) is 35.8 Å². The van der Waals surface area contributed by atoms with Crippen LogP contribution in [-0.4, -0.2) is 35.8 Å². The Hall–Kier alpha value is -2.41. The summed E-state index contributed by atoms with van der Waals surface area (Å²) in [5.41, 5.74) is 5.60. The average Bonchev–Trinajstić information content (AvgIpc) is 3.45. The van der Waals surface area contributed by atoms with Crippen LogP contribution in [0.15, 0.2) is 18.6 Å². The van der Waals surface area contributed by atoms with E-state index in [0.29, 0.717) is 11.5 Å². The quantitative estimate of drug-likeness (QED) is 0.596. The van der Waals surface area contributed by atoms with Crippen molar-refractivity contribution in [2.45, 2.75) is 95.3 Å². The number of hydrogen-bond donors (Lipinski definition) is 0. The SMILES string of the molecule is Cc1cnc2c(C34CC(C)(C3)C4)nc([C@H]3C[C@@H](c4cnn(C5CC5)c4)O[C@@H](C)C3)nc2n1. The number of hydrogen-bond acceptors (Lipinski definition) is 6. The van der Waals surface area contributed by atoms with Gasteiger partial charge in [0.2, 0.25) is 0 Å². The molecule has 0 spiro atoms. The van der Waals surface area contributed by atoms with Crippen LogP contribution in [0.3, 0.4) is 0 Å². The Morgan fingerprint density at radius 2 is 1.88 bits per heavy atom. The monoisotopic (exact) mass is 430 g/mol. The molecule has 8 rings (SSSR count). The van der Waals surface area contributed by atoms with Crippen molar-refractivity contribution >= 4 is 11.2 Å². The maximum absolute atomic E-state index is 6.36. The molecule has 4 saturated carbocycles. The smallest absolute Gasteiger partial charge is 0.182 e. The Morgan fingerprint density at radius 3 is 2.62 bits per heavy atom. The van der Waals surface area contributed by atoms with E-state index in [1.165, 1.54) is 37.7 Å². The Labute approximate surface area is 188 Å². The average molecular weight is 431 g/mol. The maximum Gasteiger partial charge on any atom is 0.182 e. The highest BCUT2D eigenvalue weighted by Crippen LogP contribution is 2.73. The standard InChI is InChI=1S/C25H30N6O/c1-14-8-26-20-21(25-11-24(3,12-25)13-25)29-22(30-23(20)28-14)16-6-15(2)32-19(7-16)17-9-27-31(10-17)18-4-5-18/h8-10,15-16,18-19H,4-7,11-13H2,1-3H3/t15-,16+,19-,24?,25?/m0/s1. The van der Waals surface area contributed by atoms with Crippen LogP contribution in [0, 0.1) is 12.3 Å². The lowest BCUT2D eigenvalue weighted by molar-refractivity contribution is -0.127. The summed E-state index contributed by atoms with van der Waals surface area (Å²) in [5, 5.41) is 4.59. The molecule has 0 unspecified atom stereocenters. The second-order valence-corrected chi connectivity index (χ2v) is 11.3. The number of ether oxygens (including phenoxy) is 1. The third-order valence-corrected chi connectivity index (χ3v) is 8.13. The fraction of sp³-hybridized carbons (Fsp3) is 0.640. The Kier molecular flexibility index (Phi) is 3.78. The fourth-order valence-electron chi connectivity index (χ4n) is 6.74. The zero-order chi connectivity index (χ0) is 21.7. The van der Waals surface area contributed by atoms with Crippen molar-refractivity contribution in [1.29, 1.82) is 0 Å². The lowest BCUT2D eigenvalue weighted by Crippen LogP contribution is -2.63. The summed E-state index contributed by atoms with van der Waals surface area (Å²) >= 11 is 0. The van der Waals surface area contributed by atoms with E-state index < -0.39 is 0 Å². The van der Waals surface area contributed by atoms with Crippen molar-refractivity contribution in [1.82, 2.24) is 29.7 Å². The van der Waals surface area contributed by atoms with Gasteiger partial charge in [0.25, 0.3) is 0 Å². The highest BCUT2D eigenvalue weighted by molar-refractivity contribution is 5.75. The first-order valence-corrected chi connectivity index (χ1v) is 12.1. The highest BCUT2D eigenvalue weighted by atomic mass is 16.5. The van der Waals surface area contributed by atoms with Crippen LogP contribution in [-0.2, 0) is 10.2 Å². The van der Waals surface area contributed by atoms with Crippen LogP contribution < -0.4 is 0 Å². The van der Waals surface area contributed by atoms with Gasteiger partial charge < -0.3 is 4.74 Å². The molecule has 4 aliphatic carbocycles. The van der Waals surface area contributed by atoms with Gasteiger partial charge in [-0.1, -0.05) is 6.92 Å². The van der Waals surface area contributed by atoms with Gasteiger partial charge in [-0.15, -0.1) is 0 Å². The molecule has 3 aromatic rings. The van der Waals surface area contributed by atoms with Crippen molar-refractivity contribution < 1.29 is 4.74 Å². The topological polar surface area (TPSA) is 78.6 Å². The molecule has 0 N–H and O–H groups in total. The summed E-state index contributed by atoms with van der Waals surface area (Å²) in [5.74, 6) is 1.18. The summed E-state index contributed by atoms with van der Waals surface area (Å²) in [6.45, 7) is 6.54. The van der Waals surface area contributed by atoms with Crippen LogP contribution >= 0.6 is 0 Å². The summed E-state index contributed by atoms with van der Waals surface area (Å²) in [6, 6.07) is 0.587. The first-order chi connectivity index (χ1) is 15.4. The summed E-state index contributed by atoms with van der Waals surface area (Å²) in [6.07, 6.45) is 14.2. The maximum atomic E-state index is 6.36. The summed E-state index contributed by atoms with van der Waals surface area (Å²) in [7, 11) is 0. The molecule has 1 aliphatic heterocycles. The zero-order valence-corrected chi connectivity index (χ0v) is 19.1. The molecule has 5 aliphatic rings. The van der Waals surface area contributed by atoms with E-state index in [9.17, 15) is 0 Å². The van der Waals surface area contributed by atoms with E-state index in [4.69, 9.17) is 24.7 Å². The molecule has 7 nitrogen and oxygen atoms in total. The predicted octanol–water partition coefficient (Wildman–Crippen LogP) is 4.73. The molecule has 3 atom stereocenters. The molecule has 0 aromatic carbocycles. The van der Waals surface area contributed by atoms with Crippen molar-refractivity contribution in [3.05, 3.63) is 41.4 Å². The Morgan fingerprint density at radius 1 is 1.06 bits per heavy atom. The second kappa shape index (κ2) is 6.34. The van der Waals surface area contributed by atoms with E-state index in [-0.39, 0.29) is 23.5 Å². The molecule has 3 aromatic heterocycles. The van der Waals surface area contributed by atoms with Crippen LogP contribution in [0.4, 0.5) is 0 Å². The molecule has 1 saturated heterocycles. The lowest BCUT2D eigenvalue weighted by atomic mass is 9.35. The van der Waals surface area contributed by atoms with Crippen molar-refractivity contribution in [2.24, 2.45) is 5.41 Å². The molecule has 0 radical (unpaired) electrons. The van der Waals surface area contributed by atoms with Gasteiger partial charge in [-0.2, -0.15) is 5.10 Å². The van der Waals surface area contributed by atoms with Gasteiger partial charge in [0, 0.05) is 29.3 Å². The molecule has 32 heavy (non-hydrogen) atoms. The number of aryl methyl sites for hydroxylation is 1. The Bertz CT molecular complexity index is 1210. The van der Waals surface area contributed by atoms with Gasteiger partial charge in [-0.05, 0) is 64.2 Å². The zero-order valence-electron chi connectivity index (χ0n) is 19.1. The third-order valence-electron chi connectivity index (χ3n) is 8.13. The first-order valence-electron chi connectivity index (χ1n) is 12.1. The number of nitrogens with zero attached hydrogens (tertiary/aromatic N) is 6. The molecule has 7 heteroatoms. The van der Waals surface area contributed by atoms with E-state index in [1.54, 1.807) is 0 Å². The first kappa shape index (κ1) is 19.1. The van der Waals surface area contributed by atoms with E-state index in [1.807, 2.05) is 19.3 Å². The van der Waals surface area contributed by atoms with Crippen molar-refractivity contribution in [3.8, 4) is 0 Å². The van der Waals surface area contributed by atoms with Crippen LogP contribution in [0.1, 0.15) is 99.6 Å². The minimum absolute atomic E-state index is 0.0384. The number of fused-ring (bicyclic) bond motifs is 1. The molecule has 4 heterocycles. The Balaban J connectivity index is 1.26. The highest BCUT2D eigenvalue weighted by Gasteiger charge is 2.67. The van der Waals surface area contributed by atoms with Gasteiger partial charge in [-0.25, -0.2) is 19.9 Å². The van der Waals surface area contributed by atoms with E-state index in [0.717, 1.165) is 41.2 Å². The van der Waals surface area contributed by atoms with Crippen LogP contribution in [0.5, 0.6) is 0 Å². The second-order valence-electron chi connectivity index (χ2n) is 11.3. The van der Waals surface area contributed by atoms with Crippen molar-refractivity contribution in [3.63, 3.8) is 0 Å². The van der Waals surface area contributed by atoms with E-state index >= 15 is 0 Å². The van der Waals surface area contributed by atoms with E-state index in [2.05, 4.69) is 29.8 Å². The van der Waals surface area contributed by atoms with Gasteiger partial charge in [0.15, 0.2) is 5.65 Å². The van der Waals surface area contributed by atoms with Crippen LogP contribution in [0.25, 0.3) is 11.2 Å². The fourth-order valence-corrected chi connectivity index (χ4v) is 6.74. The van der Waals surface area contributed by atoms with Crippen molar-refractivity contribution in [2.75, 3.05) is 0 Å². The summed E-state index contributed by atoms with van der Waals surface area (Å²) in [4.78, 5) is 19.7. The largest absolute Gasteiger partial charge is 0.370 e. The molecule has 166 valence electrons. The minimum Gasteiger partial charge on any atom is -0.370 e. The van der Waals surface area contributed by atoms with Gasteiger partial charge >= 0.3 is 0 Å². The summed E-state index contributed by atoms with van der Waals surface area (Å²) < 4.78 is 8.47. The van der Waals surface area contributed by atoms with Crippen LogP contribution in [0.2, 0.25) is 0 Å². The molecular weight excluding hydrogens is 400 g/mol. The molecule has 5 fully saturated rings. The predicted molar refractivity (Wildman–Crippen MR) is 119 cm³/mol. The van der Waals surface area contributed by atoms with Gasteiger partial charge in [0.1, 0.15) is 11.3 Å². The number of rotatable bonds is 4. The van der Waals surface area contributed by atoms with Gasteiger partial charge in [-0.3, -0.25) is 4.68 Å². The minimum atomic E-state index is 0.0384.